The Hall–Kier alpha value is -3.04. The van der Waals surface area contributed by atoms with Crippen molar-refractivity contribution in [2.24, 2.45) is 4.99 Å². The van der Waals surface area contributed by atoms with Gasteiger partial charge >= 0.3 is 6.18 Å². The molecule has 0 spiro atoms. The molecule has 0 aliphatic carbocycles. The van der Waals surface area contributed by atoms with E-state index in [1.54, 1.807) is 26.0 Å². The van der Waals surface area contributed by atoms with E-state index in [4.69, 9.17) is 0 Å². The SMILES string of the molecule is CC(=O)NC1(C(=O)NC(C)c2ccc(OCC(F)(F)F)cc2)C=NC=C(C)N1. The van der Waals surface area contributed by atoms with Crippen molar-refractivity contribution in [2.45, 2.75) is 38.7 Å². The van der Waals surface area contributed by atoms with Crippen molar-refractivity contribution in [1.29, 1.82) is 0 Å². The number of hydrogen-bond acceptors (Lipinski definition) is 5. The number of aliphatic imine (C=N–C) groups is 1. The highest BCUT2D eigenvalue weighted by molar-refractivity contribution is 6.06. The largest absolute Gasteiger partial charge is 0.484 e. The van der Waals surface area contributed by atoms with Crippen LogP contribution in [-0.4, -0.2) is 36.5 Å². The van der Waals surface area contributed by atoms with Gasteiger partial charge in [-0.05, 0) is 31.5 Å². The molecule has 1 aliphatic heterocycles. The molecule has 0 saturated heterocycles. The van der Waals surface area contributed by atoms with Gasteiger partial charge in [-0.15, -0.1) is 0 Å². The van der Waals surface area contributed by atoms with E-state index in [9.17, 15) is 22.8 Å². The summed E-state index contributed by atoms with van der Waals surface area (Å²) < 4.78 is 41.3. The maximum Gasteiger partial charge on any atom is 0.422 e. The molecule has 2 atom stereocenters. The molecule has 1 heterocycles. The summed E-state index contributed by atoms with van der Waals surface area (Å²) in [6, 6.07) is 5.39. The average Bonchev–Trinajstić information content (AvgIpc) is 2.59. The third kappa shape index (κ3) is 5.73. The maximum atomic E-state index is 12.8. The van der Waals surface area contributed by atoms with Crippen molar-refractivity contribution in [3.05, 3.63) is 41.7 Å². The molecule has 0 radical (unpaired) electrons. The van der Waals surface area contributed by atoms with Crippen molar-refractivity contribution in [1.82, 2.24) is 16.0 Å². The van der Waals surface area contributed by atoms with Crippen LogP contribution in [0.1, 0.15) is 32.4 Å². The van der Waals surface area contributed by atoms with Crippen molar-refractivity contribution in [3.8, 4) is 5.75 Å². The molecule has 0 aromatic heterocycles. The summed E-state index contributed by atoms with van der Waals surface area (Å²) in [6.45, 7) is 3.30. The minimum atomic E-state index is -4.42. The lowest BCUT2D eigenvalue weighted by molar-refractivity contribution is -0.153. The molecular formula is C18H21F3N4O3. The lowest BCUT2D eigenvalue weighted by Gasteiger charge is -2.34. The first-order valence-corrected chi connectivity index (χ1v) is 8.39. The van der Waals surface area contributed by atoms with Gasteiger partial charge in [-0.1, -0.05) is 12.1 Å². The van der Waals surface area contributed by atoms with Gasteiger partial charge in [-0.2, -0.15) is 13.2 Å². The van der Waals surface area contributed by atoms with Crippen LogP contribution < -0.4 is 20.7 Å². The van der Waals surface area contributed by atoms with Gasteiger partial charge in [0.05, 0.1) is 12.3 Å². The number of nitrogens with one attached hydrogen (secondary N) is 3. The number of carbonyl (C=O) groups is 2. The van der Waals surface area contributed by atoms with Crippen LogP contribution in [0, 0.1) is 0 Å². The molecule has 1 aliphatic rings. The smallest absolute Gasteiger partial charge is 0.422 e. The predicted octanol–water partition coefficient (Wildman–Crippen LogP) is 2.17. The zero-order valence-corrected chi connectivity index (χ0v) is 15.6. The second-order valence-corrected chi connectivity index (χ2v) is 6.37. The standard InChI is InChI=1S/C18H21F3N4O3/c1-11-8-22-9-17(24-11,25-13(3)26)16(27)23-12(2)14-4-6-15(7-5-14)28-10-18(19,20)21/h4-9,12,24H,10H2,1-3H3,(H,23,27)(H,25,26). The monoisotopic (exact) mass is 398 g/mol. The van der Waals surface area contributed by atoms with E-state index >= 15 is 0 Å². The molecule has 3 N–H and O–H groups in total. The zero-order valence-electron chi connectivity index (χ0n) is 15.6. The van der Waals surface area contributed by atoms with Crippen molar-refractivity contribution < 1.29 is 27.5 Å². The molecular weight excluding hydrogens is 377 g/mol. The fourth-order valence-corrected chi connectivity index (χ4v) is 2.56. The minimum Gasteiger partial charge on any atom is -0.484 e. The van der Waals surface area contributed by atoms with Crippen molar-refractivity contribution in [2.75, 3.05) is 6.61 Å². The number of amides is 2. The molecule has 0 saturated carbocycles. The number of hydrogen-bond donors (Lipinski definition) is 3. The van der Waals surface area contributed by atoms with Crippen molar-refractivity contribution >= 4 is 18.0 Å². The van der Waals surface area contributed by atoms with Gasteiger partial charge in [0, 0.05) is 18.8 Å². The number of alkyl halides is 3. The Kier molecular flexibility index (Phi) is 6.32. The first kappa shape index (κ1) is 21.3. The molecule has 7 nitrogen and oxygen atoms in total. The van der Waals surface area contributed by atoms with E-state index in [1.807, 2.05) is 0 Å². The number of allylic oxidation sites excluding steroid dienone is 1. The lowest BCUT2D eigenvalue weighted by atomic mass is 10.1. The number of rotatable bonds is 6. The maximum absolute atomic E-state index is 12.8. The molecule has 28 heavy (non-hydrogen) atoms. The molecule has 2 rings (SSSR count). The molecule has 1 aromatic rings. The summed E-state index contributed by atoms with van der Waals surface area (Å²) in [5.41, 5.74) is -0.301. The number of carbonyl (C=O) groups excluding carboxylic acids is 2. The Morgan fingerprint density at radius 2 is 1.93 bits per heavy atom. The highest BCUT2D eigenvalue weighted by Crippen LogP contribution is 2.21. The fourth-order valence-electron chi connectivity index (χ4n) is 2.56. The first-order chi connectivity index (χ1) is 13.0. The van der Waals surface area contributed by atoms with Gasteiger partial charge < -0.3 is 20.7 Å². The third-order valence-electron chi connectivity index (χ3n) is 3.79. The number of nitrogens with zero attached hydrogens (tertiary/aromatic N) is 1. The molecule has 10 heteroatoms. The third-order valence-corrected chi connectivity index (χ3v) is 3.79. The fraction of sp³-hybridized carbons (Fsp3) is 0.389. The van der Waals surface area contributed by atoms with E-state index in [-0.39, 0.29) is 5.75 Å². The van der Waals surface area contributed by atoms with Crippen LogP contribution in [0.2, 0.25) is 0 Å². The van der Waals surface area contributed by atoms with Crippen LogP contribution in [-0.2, 0) is 9.59 Å². The van der Waals surface area contributed by atoms with Crippen LogP contribution in [0.25, 0.3) is 0 Å². The summed E-state index contributed by atoms with van der Waals surface area (Å²) in [6.07, 6.45) is -1.62. The Morgan fingerprint density at radius 1 is 1.29 bits per heavy atom. The van der Waals surface area contributed by atoms with E-state index in [0.717, 1.165) is 0 Å². The number of halogens is 3. The van der Waals surface area contributed by atoms with Crippen LogP contribution >= 0.6 is 0 Å². The highest BCUT2D eigenvalue weighted by atomic mass is 19.4. The van der Waals surface area contributed by atoms with E-state index in [0.29, 0.717) is 11.3 Å². The Labute approximate surface area is 160 Å². The zero-order chi connectivity index (χ0) is 20.9. The summed E-state index contributed by atoms with van der Waals surface area (Å²) in [5.74, 6) is -0.900. The molecule has 2 unspecified atom stereocenters. The average molecular weight is 398 g/mol. The van der Waals surface area contributed by atoms with Crippen LogP contribution in [0.3, 0.4) is 0 Å². The second kappa shape index (κ2) is 8.32. The topological polar surface area (TPSA) is 91.8 Å². The van der Waals surface area contributed by atoms with E-state index < -0.39 is 36.3 Å². The van der Waals surface area contributed by atoms with Gasteiger partial charge in [-0.3, -0.25) is 14.6 Å². The minimum absolute atomic E-state index is 0.0659. The predicted molar refractivity (Wildman–Crippen MR) is 96.5 cm³/mol. The first-order valence-electron chi connectivity index (χ1n) is 8.39. The van der Waals surface area contributed by atoms with E-state index in [2.05, 4.69) is 25.7 Å². The molecule has 0 bridgehead atoms. The molecule has 2 amide bonds. The summed E-state index contributed by atoms with van der Waals surface area (Å²) >= 11 is 0. The Bertz CT molecular complexity index is 786. The summed E-state index contributed by atoms with van der Waals surface area (Å²) in [4.78, 5) is 28.3. The van der Waals surface area contributed by atoms with Gasteiger partial charge in [-0.25, -0.2) is 0 Å². The quantitative estimate of drug-likeness (QED) is 0.685. The normalized spacial score (nSPS) is 19.9. The molecule has 0 fully saturated rings. The molecule has 152 valence electrons. The lowest BCUT2D eigenvalue weighted by Crippen LogP contribution is -2.68. The van der Waals surface area contributed by atoms with Crippen molar-refractivity contribution in [3.63, 3.8) is 0 Å². The van der Waals surface area contributed by atoms with Crippen LogP contribution in [0.5, 0.6) is 5.75 Å². The molecule has 1 aromatic carbocycles. The van der Waals surface area contributed by atoms with E-state index in [1.165, 1.54) is 31.5 Å². The summed E-state index contributed by atoms with van der Waals surface area (Å²) in [7, 11) is 0. The summed E-state index contributed by atoms with van der Waals surface area (Å²) in [5, 5.41) is 8.20. The Balaban J connectivity index is 2.07. The van der Waals surface area contributed by atoms with Gasteiger partial charge in [0.25, 0.3) is 5.91 Å². The van der Waals surface area contributed by atoms with Gasteiger partial charge in [0.1, 0.15) is 5.75 Å². The van der Waals surface area contributed by atoms with Gasteiger partial charge in [0.2, 0.25) is 11.6 Å². The van der Waals surface area contributed by atoms with Gasteiger partial charge in [0.15, 0.2) is 6.61 Å². The highest BCUT2D eigenvalue weighted by Gasteiger charge is 2.39. The second-order valence-electron chi connectivity index (χ2n) is 6.37. The number of benzene rings is 1. The van der Waals surface area contributed by atoms with Crippen LogP contribution in [0.15, 0.2) is 41.2 Å². The van der Waals surface area contributed by atoms with Crippen LogP contribution in [0.4, 0.5) is 13.2 Å². The number of ether oxygens (including phenoxy) is 1. The Morgan fingerprint density at radius 3 is 2.46 bits per heavy atom.